The summed E-state index contributed by atoms with van der Waals surface area (Å²) in [6, 6.07) is 2.69. The van der Waals surface area contributed by atoms with E-state index in [1.807, 2.05) is 6.92 Å². The quantitative estimate of drug-likeness (QED) is 0.329. The molecular weight excluding hydrogens is 258 g/mol. The highest BCUT2D eigenvalue weighted by Gasteiger charge is 2.16. The molecule has 0 spiro atoms. The highest BCUT2D eigenvalue weighted by atomic mass is 32.1. The number of carbonyl (C=O) groups excluding carboxylic acids is 2. The van der Waals surface area contributed by atoms with Gasteiger partial charge in [0.2, 0.25) is 0 Å². The summed E-state index contributed by atoms with van der Waals surface area (Å²) in [6.07, 6.45) is 0.752. The van der Waals surface area contributed by atoms with Crippen LogP contribution in [0.2, 0.25) is 0 Å². The van der Waals surface area contributed by atoms with Gasteiger partial charge in [0.05, 0.1) is 22.8 Å². The zero-order valence-electron chi connectivity index (χ0n) is 9.88. The van der Waals surface area contributed by atoms with Crippen molar-refractivity contribution in [1.29, 1.82) is 0 Å². The van der Waals surface area contributed by atoms with Crippen molar-refractivity contribution in [3.8, 4) is 0 Å². The third-order valence-electron chi connectivity index (χ3n) is 2.07. The summed E-state index contributed by atoms with van der Waals surface area (Å²) in [5.41, 5.74) is 0. The van der Waals surface area contributed by atoms with Gasteiger partial charge in [0.15, 0.2) is 5.78 Å². The highest BCUT2D eigenvalue weighted by Crippen LogP contribution is 2.25. The van der Waals surface area contributed by atoms with Gasteiger partial charge in [0, 0.05) is 12.5 Å². The molecule has 0 aromatic carbocycles. The average Bonchev–Trinajstić information content (AvgIpc) is 2.83. The molecule has 0 bridgehead atoms. The lowest BCUT2D eigenvalue weighted by Crippen LogP contribution is -2.08. The summed E-state index contributed by atoms with van der Waals surface area (Å²) in [6.45, 7) is 2.22. The first kappa shape index (κ1) is 14.3. The fourth-order valence-electron chi connectivity index (χ4n) is 1.20. The number of Topliss-reactive ketones (excluding diaryl/α,β-unsaturated/α-hetero) is 1. The Morgan fingerprint density at radius 3 is 2.67 bits per heavy atom. The molecule has 7 heteroatoms. The Hall–Kier alpha value is -1.76. The lowest BCUT2D eigenvalue weighted by Gasteiger charge is -2.01. The van der Waals surface area contributed by atoms with Crippen LogP contribution in [0.25, 0.3) is 0 Å². The molecule has 6 nitrogen and oxygen atoms in total. The van der Waals surface area contributed by atoms with Crippen LogP contribution in [0.15, 0.2) is 12.1 Å². The van der Waals surface area contributed by atoms with E-state index in [9.17, 15) is 19.7 Å². The maximum Gasteiger partial charge on any atom is 0.324 e. The predicted octanol–water partition coefficient (Wildman–Crippen LogP) is 2.57. The van der Waals surface area contributed by atoms with Crippen LogP contribution in [0, 0.1) is 10.1 Å². The van der Waals surface area contributed by atoms with E-state index >= 15 is 0 Å². The van der Waals surface area contributed by atoms with Crippen molar-refractivity contribution in [1.82, 2.24) is 0 Å². The minimum atomic E-state index is -0.545. The maximum absolute atomic E-state index is 11.6. The molecule has 0 aliphatic rings. The Kier molecular flexibility index (Phi) is 5.44. The Morgan fingerprint density at radius 1 is 1.39 bits per heavy atom. The summed E-state index contributed by atoms with van der Waals surface area (Å²) in [5.74, 6) is -0.696. The summed E-state index contributed by atoms with van der Waals surface area (Å²) in [7, 11) is 0. The first-order chi connectivity index (χ1) is 8.54. The normalized spacial score (nSPS) is 10.1. The van der Waals surface area contributed by atoms with Gasteiger partial charge >= 0.3 is 11.0 Å². The molecule has 1 aromatic rings. The van der Waals surface area contributed by atoms with Gasteiger partial charge in [-0.1, -0.05) is 18.3 Å². The maximum atomic E-state index is 11.6. The molecule has 1 aromatic heterocycles. The van der Waals surface area contributed by atoms with Crippen LogP contribution in [0.1, 0.15) is 35.9 Å². The van der Waals surface area contributed by atoms with Gasteiger partial charge in [-0.25, -0.2) is 0 Å². The Labute approximate surface area is 108 Å². The van der Waals surface area contributed by atoms with E-state index < -0.39 is 10.9 Å². The van der Waals surface area contributed by atoms with Crippen LogP contribution in [0.3, 0.4) is 0 Å². The van der Waals surface area contributed by atoms with Crippen LogP contribution in [-0.4, -0.2) is 23.3 Å². The fraction of sp³-hybridized carbons (Fsp3) is 0.455. The molecule has 0 N–H and O–H groups in total. The Bertz CT molecular complexity index is 454. The molecule has 1 rings (SSSR count). The minimum absolute atomic E-state index is 0.00449. The highest BCUT2D eigenvalue weighted by molar-refractivity contribution is 7.17. The van der Waals surface area contributed by atoms with E-state index in [1.54, 1.807) is 0 Å². The molecule has 0 saturated heterocycles. The van der Waals surface area contributed by atoms with Crippen LogP contribution in [-0.2, 0) is 9.53 Å². The summed E-state index contributed by atoms with van der Waals surface area (Å²) >= 11 is 0.818. The van der Waals surface area contributed by atoms with Crippen molar-refractivity contribution in [2.24, 2.45) is 0 Å². The second-order valence-corrected chi connectivity index (χ2v) is 4.60. The molecule has 98 valence electrons. The number of nitrogens with zero attached hydrogens (tertiary/aromatic N) is 1. The molecule has 0 fully saturated rings. The van der Waals surface area contributed by atoms with E-state index in [4.69, 9.17) is 4.74 Å². The SMILES string of the molecule is CCCOC(=O)CCC(=O)c1ccc([N+](=O)[O-])s1. The Morgan fingerprint density at radius 2 is 2.11 bits per heavy atom. The third kappa shape index (κ3) is 4.25. The van der Waals surface area contributed by atoms with E-state index in [0.29, 0.717) is 11.5 Å². The van der Waals surface area contributed by atoms with Crippen molar-refractivity contribution in [2.75, 3.05) is 6.61 Å². The van der Waals surface area contributed by atoms with Crippen LogP contribution < -0.4 is 0 Å². The van der Waals surface area contributed by atoms with Crippen LogP contribution in [0.4, 0.5) is 5.00 Å². The van der Waals surface area contributed by atoms with Gasteiger partial charge in [-0.15, -0.1) is 0 Å². The molecule has 0 saturated carbocycles. The summed E-state index contributed by atoms with van der Waals surface area (Å²) in [4.78, 5) is 33.0. The second kappa shape index (κ2) is 6.85. The van der Waals surface area contributed by atoms with Gasteiger partial charge in [-0.05, 0) is 12.5 Å². The molecule has 0 unspecified atom stereocenters. The van der Waals surface area contributed by atoms with Crippen LogP contribution in [0.5, 0.6) is 0 Å². The van der Waals surface area contributed by atoms with Crippen LogP contribution >= 0.6 is 11.3 Å². The number of hydrogen-bond donors (Lipinski definition) is 0. The topological polar surface area (TPSA) is 86.5 Å². The molecule has 0 atom stereocenters. The number of thiophene rings is 1. The number of ketones is 1. The van der Waals surface area contributed by atoms with Crippen molar-refractivity contribution in [3.05, 3.63) is 27.1 Å². The number of rotatable bonds is 7. The third-order valence-corrected chi connectivity index (χ3v) is 3.15. The van der Waals surface area contributed by atoms with Gasteiger partial charge in [0.25, 0.3) is 0 Å². The average molecular weight is 271 g/mol. The lowest BCUT2D eigenvalue weighted by molar-refractivity contribution is -0.380. The second-order valence-electron chi connectivity index (χ2n) is 3.54. The monoisotopic (exact) mass is 271 g/mol. The van der Waals surface area contributed by atoms with E-state index in [0.717, 1.165) is 17.8 Å². The van der Waals surface area contributed by atoms with Gasteiger partial charge < -0.3 is 4.74 Å². The number of ether oxygens (including phenoxy) is 1. The molecule has 0 aliphatic carbocycles. The fourth-order valence-corrected chi connectivity index (χ4v) is 1.99. The number of esters is 1. The predicted molar refractivity (Wildman–Crippen MR) is 65.8 cm³/mol. The number of carbonyl (C=O) groups is 2. The summed E-state index contributed by atoms with van der Waals surface area (Å²) in [5, 5.41) is 10.4. The number of hydrogen-bond acceptors (Lipinski definition) is 6. The van der Waals surface area contributed by atoms with Crippen molar-refractivity contribution in [3.63, 3.8) is 0 Å². The molecule has 0 aliphatic heterocycles. The zero-order valence-corrected chi connectivity index (χ0v) is 10.7. The largest absolute Gasteiger partial charge is 0.466 e. The number of nitro groups is 1. The summed E-state index contributed by atoms with van der Waals surface area (Å²) < 4.78 is 4.82. The van der Waals surface area contributed by atoms with Crippen molar-refractivity contribution in [2.45, 2.75) is 26.2 Å². The molecule has 1 heterocycles. The first-order valence-corrected chi connectivity index (χ1v) is 6.29. The van der Waals surface area contributed by atoms with Crippen molar-refractivity contribution < 1.29 is 19.2 Å². The van der Waals surface area contributed by atoms with Crippen molar-refractivity contribution >= 4 is 28.1 Å². The smallest absolute Gasteiger partial charge is 0.324 e. The Balaban J connectivity index is 2.45. The minimum Gasteiger partial charge on any atom is -0.466 e. The first-order valence-electron chi connectivity index (χ1n) is 5.47. The van der Waals surface area contributed by atoms with Gasteiger partial charge in [0.1, 0.15) is 0 Å². The zero-order chi connectivity index (χ0) is 13.5. The van der Waals surface area contributed by atoms with E-state index in [-0.39, 0.29) is 23.6 Å². The molecular formula is C11H13NO5S. The molecule has 18 heavy (non-hydrogen) atoms. The van der Waals surface area contributed by atoms with Gasteiger partial charge in [-0.3, -0.25) is 19.7 Å². The van der Waals surface area contributed by atoms with Gasteiger partial charge in [-0.2, -0.15) is 0 Å². The lowest BCUT2D eigenvalue weighted by atomic mass is 10.2. The van der Waals surface area contributed by atoms with E-state index in [2.05, 4.69) is 0 Å². The standard InChI is InChI=1S/C11H13NO5S/c1-2-7-17-11(14)6-3-8(13)9-4-5-10(18-9)12(15)16/h4-5H,2-3,6-7H2,1H3. The molecule has 0 amide bonds. The molecule has 0 radical (unpaired) electrons. The van der Waals surface area contributed by atoms with E-state index in [1.165, 1.54) is 12.1 Å².